The Labute approximate surface area is 65.4 Å². The molecule has 0 aromatic carbocycles. The van der Waals surface area contributed by atoms with Crippen LogP contribution in [0.1, 0.15) is 0 Å². The molecule has 6 heteroatoms. The molecule has 0 aliphatic heterocycles. The van der Waals surface area contributed by atoms with Gasteiger partial charge in [0.05, 0.1) is 0 Å². The van der Waals surface area contributed by atoms with Gasteiger partial charge in [0.2, 0.25) is 0 Å². The zero-order valence-corrected chi connectivity index (χ0v) is 9.93. The van der Waals surface area contributed by atoms with Gasteiger partial charge < -0.3 is 18.8 Å². The van der Waals surface area contributed by atoms with Crippen molar-refractivity contribution in [2.24, 2.45) is 0 Å². The number of rotatable bonds is 0. The van der Waals surface area contributed by atoms with Gasteiger partial charge in [-0.25, -0.2) is 0 Å². The van der Waals surface area contributed by atoms with Crippen LogP contribution in [-0.2, 0) is 46.8 Å². The van der Waals surface area contributed by atoms with Crippen LogP contribution >= 0.6 is 0 Å². The van der Waals surface area contributed by atoms with Crippen LogP contribution in [0.5, 0.6) is 0 Å². The quantitative estimate of drug-likeness (QED) is 0.297. The number of hydrogen-bond acceptors (Lipinski definition) is 0. The molecule has 0 aromatic heterocycles. The van der Waals surface area contributed by atoms with Gasteiger partial charge in [0.1, 0.15) is 0 Å². The maximum absolute atomic E-state index is 0. The molecule has 0 spiro atoms. The molecule has 0 atom stereocenters. The van der Waals surface area contributed by atoms with Gasteiger partial charge in [-0.2, -0.15) is 0 Å². The molecule has 0 unspecified atom stereocenters. The largest absolute Gasteiger partial charge is 2.00 e. The zero-order valence-electron chi connectivity index (χ0n) is 2.93. The van der Waals surface area contributed by atoms with Crippen LogP contribution in [0.4, 0.5) is 0 Å². The van der Waals surface area contributed by atoms with Crippen molar-refractivity contribution in [3.05, 3.63) is 0 Å². The molecule has 0 fully saturated rings. The van der Waals surface area contributed by atoms with Crippen molar-refractivity contribution < 1.29 is 65.6 Å². The fourth-order valence-corrected chi connectivity index (χ4v) is 0. The van der Waals surface area contributed by atoms with Gasteiger partial charge >= 0.3 is 46.8 Å². The second-order valence-corrected chi connectivity index (χ2v) is 0. The molecule has 0 saturated heterocycles. The summed E-state index contributed by atoms with van der Waals surface area (Å²) in [5, 5.41) is 0. The van der Waals surface area contributed by atoms with Crippen LogP contribution in [0.2, 0.25) is 0 Å². The van der Waals surface area contributed by atoms with Gasteiger partial charge in [-0.15, -0.1) is 0 Å². The van der Waals surface area contributed by atoms with Gasteiger partial charge in [0.25, 0.3) is 0 Å². The van der Waals surface area contributed by atoms with E-state index < -0.39 is 0 Å². The van der Waals surface area contributed by atoms with Gasteiger partial charge in [0.15, 0.2) is 0 Å². The molecule has 0 nitrogen and oxygen atoms in total. The number of hydrogen-bond donors (Lipinski definition) is 0. The fraction of sp³-hybridized carbons (Fsp3) is 0. The molecule has 0 radical (unpaired) electrons. The second kappa shape index (κ2) is 108. The van der Waals surface area contributed by atoms with E-state index in [2.05, 4.69) is 0 Å². The minimum atomic E-state index is 0. The summed E-state index contributed by atoms with van der Waals surface area (Å²) in [5.74, 6) is 0. The molecule has 0 heterocycles. The average molecular weight is 254 g/mol. The predicted octanol–water partition coefficient (Wildman–Crippen LogP) is -12.0. The Morgan fingerprint density at radius 1 is 0.500 bits per heavy atom. The van der Waals surface area contributed by atoms with Crippen LogP contribution in [-0.4, -0.2) is 0 Å². The van der Waals surface area contributed by atoms with E-state index in [4.69, 9.17) is 0 Å². The Bertz CT molecular complexity index is 7.51. The van der Waals surface area contributed by atoms with E-state index >= 15 is 0 Å². The second-order valence-electron chi connectivity index (χ2n) is 0. The normalized spacial score (nSPS) is 0. The first kappa shape index (κ1) is 178. The van der Waals surface area contributed by atoms with Crippen molar-refractivity contribution in [1.82, 2.24) is 0 Å². The molecule has 0 aliphatic rings. The first-order chi connectivity index (χ1) is 0. The van der Waals surface area contributed by atoms with Crippen molar-refractivity contribution in [1.29, 1.82) is 0 Å². The summed E-state index contributed by atoms with van der Waals surface area (Å²) in [6, 6.07) is 0. The molecule has 0 bridgehead atoms. The van der Waals surface area contributed by atoms with Crippen molar-refractivity contribution in [3.8, 4) is 0 Å². The van der Waals surface area contributed by atoms with Crippen molar-refractivity contribution in [3.63, 3.8) is 0 Å². The Kier molecular flexibility index (Phi) is 3220. The van der Waals surface area contributed by atoms with Crippen LogP contribution < -0.4 is 18.8 Å². The third kappa shape index (κ3) is 59.8. The molecular weight excluding hydrogens is 254 g/mol. The Balaban J connectivity index is 0. The summed E-state index contributed by atoms with van der Waals surface area (Å²) in [6.45, 7) is 0. The summed E-state index contributed by atoms with van der Waals surface area (Å²) in [6.07, 6.45) is 0. The topological polar surface area (TPSA) is 0 Å². The molecule has 6 heavy (non-hydrogen) atoms. The molecule has 0 amide bonds. The molecule has 32 valence electrons. The predicted molar refractivity (Wildman–Crippen MR) is 0 cm³/mol. The summed E-state index contributed by atoms with van der Waals surface area (Å²) >= 11 is 0. The van der Waals surface area contributed by atoms with E-state index in [1.54, 1.807) is 0 Å². The third-order valence-corrected chi connectivity index (χ3v) is 0. The number of halogens is 4. The summed E-state index contributed by atoms with van der Waals surface area (Å²) in [4.78, 5) is 0. The molecular formula is CdF4Zn. The van der Waals surface area contributed by atoms with Crippen LogP contribution in [0.3, 0.4) is 0 Å². The van der Waals surface area contributed by atoms with E-state index in [1.807, 2.05) is 0 Å². The van der Waals surface area contributed by atoms with E-state index in [-0.39, 0.29) is 65.6 Å². The first-order valence-electron chi connectivity index (χ1n) is 0. The van der Waals surface area contributed by atoms with Gasteiger partial charge in [-0.1, -0.05) is 0 Å². The maximum atomic E-state index is 0. The summed E-state index contributed by atoms with van der Waals surface area (Å²) in [7, 11) is 0. The van der Waals surface area contributed by atoms with Gasteiger partial charge in [-0.3, -0.25) is 0 Å². The molecule has 0 saturated carbocycles. The molecule has 0 rings (SSSR count). The standard InChI is InChI=1S/Cd.4FH.Zn/h;4*1H;/q+2;;;;;+2/p-4. The maximum Gasteiger partial charge on any atom is 2.00 e. The first-order valence-corrected chi connectivity index (χ1v) is 0. The van der Waals surface area contributed by atoms with Crippen molar-refractivity contribution in [2.45, 2.75) is 0 Å². The minimum absolute atomic E-state index is 0. The van der Waals surface area contributed by atoms with E-state index in [9.17, 15) is 0 Å². The Morgan fingerprint density at radius 2 is 0.500 bits per heavy atom. The summed E-state index contributed by atoms with van der Waals surface area (Å²) < 4.78 is 0. The molecule has 0 aromatic rings. The van der Waals surface area contributed by atoms with E-state index in [0.29, 0.717) is 0 Å². The molecule has 0 aliphatic carbocycles. The Morgan fingerprint density at radius 3 is 0.500 bits per heavy atom. The van der Waals surface area contributed by atoms with Gasteiger partial charge in [-0.05, 0) is 0 Å². The van der Waals surface area contributed by atoms with E-state index in [0.717, 1.165) is 0 Å². The van der Waals surface area contributed by atoms with Crippen LogP contribution in [0.15, 0.2) is 0 Å². The fourth-order valence-electron chi connectivity index (χ4n) is 0. The van der Waals surface area contributed by atoms with Gasteiger partial charge in [0, 0.05) is 0 Å². The van der Waals surface area contributed by atoms with Crippen LogP contribution in [0, 0.1) is 0 Å². The molecule has 0 N–H and O–H groups in total. The Hall–Kier alpha value is 1.27. The SMILES string of the molecule is [Cd+2].[F-].[F-].[F-].[F-].[Zn+2]. The third-order valence-electron chi connectivity index (χ3n) is 0. The monoisotopic (exact) mass is 254 g/mol. The average Bonchev–Trinajstić information content (AvgIpc) is 0. The van der Waals surface area contributed by atoms with Crippen molar-refractivity contribution >= 4 is 0 Å². The van der Waals surface area contributed by atoms with Crippen molar-refractivity contribution in [2.75, 3.05) is 0 Å². The minimum Gasteiger partial charge on any atom is -1.00 e. The van der Waals surface area contributed by atoms with E-state index in [1.165, 1.54) is 0 Å². The smallest absolute Gasteiger partial charge is 1.00 e. The summed E-state index contributed by atoms with van der Waals surface area (Å²) in [5.41, 5.74) is 0. The zero-order chi connectivity index (χ0) is 0. The van der Waals surface area contributed by atoms with Crippen LogP contribution in [0.25, 0.3) is 0 Å².